The summed E-state index contributed by atoms with van der Waals surface area (Å²) in [5.74, 6) is 0.460. The normalized spacial score (nSPS) is 20.5. The van der Waals surface area contributed by atoms with Crippen molar-refractivity contribution < 1.29 is 9.90 Å². The van der Waals surface area contributed by atoms with Crippen molar-refractivity contribution in [2.75, 3.05) is 32.0 Å². The van der Waals surface area contributed by atoms with Crippen LogP contribution in [-0.4, -0.2) is 78.9 Å². The van der Waals surface area contributed by atoms with Gasteiger partial charge in [0.2, 0.25) is 0 Å². The van der Waals surface area contributed by atoms with E-state index in [4.69, 9.17) is 4.98 Å². The zero-order chi connectivity index (χ0) is 24.6. The zero-order valence-electron chi connectivity index (χ0n) is 20.5. The minimum atomic E-state index is -0.490. The van der Waals surface area contributed by atoms with Crippen LogP contribution < -0.4 is 10.6 Å². The van der Waals surface area contributed by atoms with Crippen LogP contribution in [0.5, 0.6) is 0 Å². The lowest BCUT2D eigenvalue weighted by atomic mass is 9.89. The van der Waals surface area contributed by atoms with Crippen LogP contribution in [0.25, 0.3) is 27.9 Å². The number of hydrogen-bond donors (Lipinski definition) is 3. The summed E-state index contributed by atoms with van der Waals surface area (Å²) in [4.78, 5) is 25.1. The first-order chi connectivity index (χ1) is 17.6. The molecule has 10 nitrogen and oxygen atoms in total. The van der Waals surface area contributed by atoms with Crippen molar-refractivity contribution in [3.05, 3.63) is 42.4 Å². The topological polar surface area (TPSA) is 113 Å². The monoisotopic (exact) mass is 488 g/mol. The zero-order valence-corrected chi connectivity index (χ0v) is 20.5. The molecule has 4 aromatic rings. The summed E-state index contributed by atoms with van der Waals surface area (Å²) in [7, 11) is 1.83. The van der Waals surface area contributed by atoms with E-state index < -0.39 is 6.10 Å². The van der Waals surface area contributed by atoms with E-state index in [9.17, 15) is 9.90 Å². The predicted octanol–water partition coefficient (Wildman–Crippen LogP) is 2.53. The summed E-state index contributed by atoms with van der Waals surface area (Å²) in [5.41, 5.74) is 3.51. The Balaban J connectivity index is 1.37. The van der Waals surface area contributed by atoms with Crippen LogP contribution in [0.3, 0.4) is 0 Å². The lowest BCUT2D eigenvalue weighted by molar-refractivity contribution is 0.0448. The number of piperidine rings is 1. The molecule has 0 bridgehead atoms. The first-order valence-corrected chi connectivity index (χ1v) is 12.8. The summed E-state index contributed by atoms with van der Waals surface area (Å²) in [5, 5.41) is 21.4. The van der Waals surface area contributed by atoms with Crippen molar-refractivity contribution in [2.24, 2.45) is 0 Å². The molecule has 1 saturated heterocycles. The molecule has 36 heavy (non-hydrogen) atoms. The Hall–Kier alpha value is -3.50. The highest BCUT2D eigenvalue weighted by Gasteiger charge is 2.31. The highest BCUT2D eigenvalue weighted by Crippen LogP contribution is 2.31. The average molecular weight is 489 g/mol. The van der Waals surface area contributed by atoms with Gasteiger partial charge in [0.15, 0.2) is 5.65 Å². The van der Waals surface area contributed by atoms with Crippen molar-refractivity contribution in [2.45, 2.75) is 50.8 Å². The fraction of sp³-hybridized carbons (Fsp3) is 0.462. The molecule has 2 aliphatic rings. The van der Waals surface area contributed by atoms with Crippen LogP contribution in [0, 0.1) is 0 Å². The Labute approximate surface area is 209 Å². The summed E-state index contributed by atoms with van der Waals surface area (Å²) in [6, 6.07) is 5.75. The molecule has 5 heterocycles. The summed E-state index contributed by atoms with van der Waals surface area (Å²) < 4.78 is 3.86. The smallest absolute Gasteiger partial charge is 0.257 e. The third kappa shape index (κ3) is 4.10. The second-order valence-electron chi connectivity index (χ2n) is 9.81. The van der Waals surface area contributed by atoms with Crippen LogP contribution >= 0.6 is 0 Å². The number of pyridine rings is 1. The van der Waals surface area contributed by atoms with Gasteiger partial charge in [-0.05, 0) is 50.9 Å². The number of hydrogen-bond acceptors (Lipinski definition) is 7. The summed E-state index contributed by atoms with van der Waals surface area (Å²) in [6.45, 7) is 4.17. The molecule has 1 amide bonds. The first kappa shape index (κ1) is 22.9. The fourth-order valence-corrected chi connectivity index (χ4v) is 5.27. The van der Waals surface area contributed by atoms with Crippen molar-refractivity contribution in [1.82, 2.24) is 34.4 Å². The molecular formula is C26H32N8O2. The molecule has 10 heteroatoms. The lowest BCUT2D eigenvalue weighted by Crippen LogP contribution is -2.50. The molecule has 0 radical (unpaired) electrons. The standard InChI is InChI=1S/C26H32N8O2/c1-27-23-14-21(30-25-18(15-29-34(23)25)26(36)31-20-7-8-22(20)35)19-16-33(24-17(19)6-5-9-28-24)13-12-32-10-3-2-4-11-32/h5-6,9,14-16,20,22,27,35H,2-4,7-8,10-13H2,1H3,(H,31,36)/t20?,22-/m1/s1. The number of amides is 1. The number of nitrogens with zero attached hydrogens (tertiary/aromatic N) is 6. The van der Waals surface area contributed by atoms with E-state index >= 15 is 0 Å². The molecule has 2 atom stereocenters. The molecule has 3 N–H and O–H groups in total. The van der Waals surface area contributed by atoms with Gasteiger partial charge in [0.1, 0.15) is 17.0 Å². The predicted molar refractivity (Wildman–Crippen MR) is 138 cm³/mol. The van der Waals surface area contributed by atoms with Gasteiger partial charge in [-0.25, -0.2) is 9.97 Å². The van der Waals surface area contributed by atoms with Gasteiger partial charge in [0, 0.05) is 49.5 Å². The molecule has 4 aromatic heterocycles. The number of aromatic nitrogens is 5. The van der Waals surface area contributed by atoms with Crippen LogP contribution in [0.1, 0.15) is 42.5 Å². The maximum Gasteiger partial charge on any atom is 0.257 e. The highest BCUT2D eigenvalue weighted by atomic mass is 16.3. The highest BCUT2D eigenvalue weighted by molar-refractivity contribution is 6.01. The summed E-state index contributed by atoms with van der Waals surface area (Å²) in [6.07, 6.45) is 10.4. The average Bonchev–Trinajstić information content (AvgIpc) is 3.51. The second kappa shape index (κ2) is 9.51. The Morgan fingerprint density at radius 3 is 2.78 bits per heavy atom. The Morgan fingerprint density at radius 1 is 1.17 bits per heavy atom. The van der Waals surface area contributed by atoms with E-state index in [1.54, 1.807) is 4.52 Å². The number of carbonyl (C=O) groups is 1. The van der Waals surface area contributed by atoms with E-state index in [2.05, 4.69) is 42.4 Å². The molecule has 1 saturated carbocycles. The van der Waals surface area contributed by atoms with Crippen LogP contribution in [-0.2, 0) is 6.54 Å². The molecule has 0 spiro atoms. The molecule has 0 aromatic carbocycles. The fourth-order valence-electron chi connectivity index (χ4n) is 5.27. The minimum Gasteiger partial charge on any atom is -0.391 e. The van der Waals surface area contributed by atoms with Crippen LogP contribution in [0.15, 0.2) is 36.8 Å². The Kier molecular flexibility index (Phi) is 6.06. The second-order valence-corrected chi connectivity index (χ2v) is 9.81. The van der Waals surface area contributed by atoms with E-state index in [1.165, 1.54) is 25.5 Å². The Morgan fingerprint density at radius 2 is 2.03 bits per heavy atom. The van der Waals surface area contributed by atoms with E-state index in [0.29, 0.717) is 17.6 Å². The maximum atomic E-state index is 13.0. The Bertz CT molecular complexity index is 1400. The van der Waals surface area contributed by atoms with Crippen LogP contribution in [0.4, 0.5) is 5.82 Å². The van der Waals surface area contributed by atoms with E-state index in [0.717, 1.165) is 60.7 Å². The number of rotatable bonds is 7. The number of aliphatic hydroxyl groups is 1. The van der Waals surface area contributed by atoms with Gasteiger partial charge in [-0.2, -0.15) is 9.61 Å². The largest absolute Gasteiger partial charge is 0.391 e. The molecule has 1 aliphatic heterocycles. The third-order valence-electron chi connectivity index (χ3n) is 7.54. The van der Waals surface area contributed by atoms with Gasteiger partial charge in [0.25, 0.3) is 5.91 Å². The maximum absolute atomic E-state index is 13.0. The van der Waals surface area contributed by atoms with Gasteiger partial charge in [-0.3, -0.25) is 4.79 Å². The molecular weight excluding hydrogens is 456 g/mol. The molecule has 1 aliphatic carbocycles. The number of aliphatic hydroxyl groups excluding tert-OH is 1. The van der Waals surface area contributed by atoms with Crippen molar-refractivity contribution in [3.8, 4) is 11.3 Å². The SMILES string of the molecule is CNc1cc(-c2cn(CCN3CCCCC3)c3ncccc23)nc2c(C(=O)NC3CC[C@H]3O)cnn12. The van der Waals surface area contributed by atoms with E-state index in [1.807, 2.05) is 25.4 Å². The molecule has 2 fully saturated rings. The van der Waals surface area contributed by atoms with Crippen molar-refractivity contribution in [3.63, 3.8) is 0 Å². The van der Waals surface area contributed by atoms with Gasteiger partial charge < -0.3 is 25.2 Å². The van der Waals surface area contributed by atoms with Gasteiger partial charge in [-0.1, -0.05) is 6.42 Å². The number of likely N-dealkylation sites (tertiary alicyclic amines) is 1. The number of anilines is 1. The molecule has 6 rings (SSSR count). The number of fused-ring (bicyclic) bond motifs is 2. The van der Waals surface area contributed by atoms with Gasteiger partial charge in [0.05, 0.1) is 24.0 Å². The summed E-state index contributed by atoms with van der Waals surface area (Å²) >= 11 is 0. The quantitative estimate of drug-likeness (QED) is 0.366. The number of carbonyl (C=O) groups excluding carboxylic acids is 1. The lowest BCUT2D eigenvalue weighted by Gasteiger charge is -2.32. The number of nitrogens with one attached hydrogen (secondary N) is 2. The van der Waals surface area contributed by atoms with Crippen molar-refractivity contribution in [1.29, 1.82) is 0 Å². The minimum absolute atomic E-state index is 0.219. The van der Waals surface area contributed by atoms with Gasteiger partial charge in [-0.15, -0.1) is 0 Å². The molecule has 188 valence electrons. The first-order valence-electron chi connectivity index (χ1n) is 12.8. The third-order valence-corrected chi connectivity index (χ3v) is 7.54. The van der Waals surface area contributed by atoms with Crippen LogP contribution in [0.2, 0.25) is 0 Å². The van der Waals surface area contributed by atoms with Gasteiger partial charge >= 0.3 is 0 Å². The van der Waals surface area contributed by atoms with E-state index in [-0.39, 0.29) is 11.9 Å². The molecule has 1 unspecified atom stereocenters. The van der Waals surface area contributed by atoms with Crippen molar-refractivity contribution >= 4 is 28.4 Å².